The molecule has 0 aliphatic rings. The number of hydrogen-bond donors (Lipinski definition) is 1. The number of benzene rings is 1. The van der Waals surface area contributed by atoms with Gasteiger partial charge in [-0.2, -0.15) is 13.2 Å². The quantitative estimate of drug-likeness (QED) is 0.861. The van der Waals surface area contributed by atoms with Crippen molar-refractivity contribution in [2.24, 2.45) is 0 Å². The average molecular weight is 283 g/mol. The van der Waals surface area contributed by atoms with E-state index in [2.05, 4.69) is 15.3 Å². The molecule has 2 rings (SSSR count). The Morgan fingerprint density at radius 1 is 1.21 bits per heavy atom. The van der Waals surface area contributed by atoms with Gasteiger partial charge in [-0.15, -0.1) is 0 Å². The van der Waals surface area contributed by atoms with Crippen LogP contribution in [0.4, 0.5) is 24.8 Å². The van der Waals surface area contributed by atoms with Gasteiger partial charge >= 0.3 is 6.18 Å². The smallest absolute Gasteiger partial charge is 0.324 e. The van der Waals surface area contributed by atoms with Crippen LogP contribution in [0.25, 0.3) is 0 Å². The second-order valence-corrected chi connectivity index (χ2v) is 4.10. The second-order valence-electron chi connectivity index (χ2n) is 3.66. The van der Waals surface area contributed by atoms with Crippen LogP contribution >= 0.6 is 11.6 Å². The molecule has 8 heteroatoms. The third-order valence-electron chi connectivity index (χ3n) is 2.12. The molecule has 0 amide bonds. The number of nitrogens with zero attached hydrogens (tertiary/aromatic N) is 2. The maximum absolute atomic E-state index is 12.5. The van der Waals surface area contributed by atoms with Gasteiger partial charge in [0.05, 0.1) is 0 Å². The SMILES string of the molecule is [B]c1cc(Cl)cc(Nc2nccc(C(F)(F)F)n2)c1. The van der Waals surface area contributed by atoms with E-state index in [0.717, 1.165) is 12.3 Å². The Labute approximate surface area is 113 Å². The van der Waals surface area contributed by atoms with E-state index in [1.165, 1.54) is 18.2 Å². The van der Waals surface area contributed by atoms with E-state index < -0.39 is 11.9 Å². The van der Waals surface area contributed by atoms with Crippen LogP contribution in [0, 0.1) is 0 Å². The largest absolute Gasteiger partial charge is 0.433 e. The van der Waals surface area contributed by atoms with E-state index in [4.69, 9.17) is 19.4 Å². The molecule has 0 atom stereocenters. The maximum Gasteiger partial charge on any atom is 0.433 e. The van der Waals surface area contributed by atoms with Gasteiger partial charge in [0.25, 0.3) is 0 Å². The highest BCUT2D eigenvalue weighted by Gasteiger charge is 2.32. The number of rotatable bonds is 2. The van der Waals surface area contributed by atoms with Crippen LogP contribution in [0.3, 0.4) is 0 Å². The molecule has 1 heterocycles. The van der Waals surface area contributed by atoms with Gasteiger partial charge in [0.1, 0.15) is 13.5 Å². The summed E-state index contributed by atoms with van der Waals surface area (Å²) in [6.07, 6.45) is -3.50. The predicted octanol–water partition coefficient (Wildman–Crippen LogP) is 2.69. The number of alkyl halides is 3. The van der Waals surface area contributed by atoms with Crippen LogP contribution in [-0.4, -0.2) is 17.8 Å². The molecule has 0 saturated carbocycles. The standard InChI is InChI=1S/C11H6BClF3N3/c12-6-3-7(13)5-8(4-6)18-10-17-2-1-9(19-10)11(14,15)16/h1-5H,(H,17,18,19). The monoisotopic (exact) mass is 283 g/mol. The summed E-state index contributed by atoms with van der Waals surface area (Å²) in [7, 11) is 5.57. The summed E-state index contributed by atoms with van der Waals surface area (Å²) in [5.41, 5.74) is -0.244. The van der Waals surface area contributed by atoms with Crippen molar-refractivity contribution in [1.29, 1.82) is 0 Å². The molecule has 0 bridgehead atoms. The average Bonchev–Trinajstić information content (AvgIpc) is 2.26. The number of aromatic nitrogens is 2. The first kappa shape index (κ1) is 13.7. The molecule has 0 unspecified atom stereocenters. The predicted molar refractivity (Wildman–Crippen MR) is 67.2 cm³/mol. The molecule has 1 aromatic carbocycles. The Kier molecular flexibility index (Phi) is 3.66. The lowest BCUT2D eigenvalue weighted by Gasteiger charge is -2.09. The van der Waals surface area contributed by atoms with Gasteiger partial charge in [-0.25, -0.2) is 9.97 Å². The summed E-state index contributed by atoms with van der Waals surface area (Å²) in [6.45, 7) is 0. The fourth-order valence-electron chi connectivity index (χ4n) is 1.39. The molecular formula is C11H6BClF3N3. The fourth-order valence-corrected chi connectivity index (χ4v) is 1.63. The maximum atomic E-state index is 12.5. The normalized spacial score (nSPS) is 11.4. The molecule has 0 saturated heterocycles. The van der Waals surface area contributed by atoms with Gasteiger partial charge < -0.3 is 5.32 Å². The molecule has 96 valence electrons. The Morgan fingerprint density at radius 3 is 2.58 bits per heavy atom. The van der Waals surface area contributed by atoms with E-state index in [-0.39, 0.29) is 5.95 Å². The summed E-state index contributed by atoms with van der Waals surface area (Å²) in [5, 5.41) is 2.97. The van der Waals surface area contributed by atoms with Crippen molar-refractivity contribution >= 4 is 36.5 Å². The Balaban J connectivity index is 2.28. The Bertz CT molecular complexity index is 584. The molecule has 0 aliphatic heterocycles. The molecule has 2 radical (unpaired) electrons. The number of nitrogens with one attached hydrogen (secondary N) is 1. The molecule has 0 fully saturated rings. The van der Waals surface area contributed by atoms with E-state index in [9.17, 15) is 13.2 Å². The fraction of sp³-hybridized carbons (Fsp3) is 0.0909. The molecule has 1 aromatic heterocycles. The van der Waals surface area contributed by atoms with Gasteiger partial charge in [0.2, 0.25) is 5.95 Å². The molecule has 2 aromatic rings. The Hall–Kier alpha value is -1.76. The molecule has 3 nitrogen and oxygen atoms in total. The van der Waals surface area contributed by atoms with Crippen LogP contribution in [-0.2, 0) is 6.18 Å². The summed E-state index contributed by atoms with van der Waals surface area (Å²) in [6, 6.07) is 5.31. The van der Waals surface area contributed by atoms with E-state index in [1.807, 2.05) is 0 Å². The zero-order chi connectivity index (χ0) is 14.0. The third-order valence-corrected chi connectivity index (χ3v) is 2.34. The van der Waals surface area contributed by atoms with Crippen molar-refractivity contribution in [2.45, 2.75) is 6.18 Å². The topological polar surface area (TPSA) is 37.8 Å². The van der Waals surface area contributed by atoms with Gasteiger partial charge in [-0.05, 0) is 18.2 Å². The highest BCUT2D eigenvalue weighted by atomic mass is 35.5. The van der Waals surface area contributed by atoms with Crippen molar-refractivity contribution < 1.29 is 13.2 Å². The van der Waals surface area contributed by atoms with Gasteiger partial charge in [0, 0.05) is 16.9 Å². The molecule has 0 spiro atoms. The summed E-state index contributed by atoms with van der Waals surface area (Å²) < 4.78 is 37.4. The first-order chi connectivity index (χ1) is 8.84. The van der Waals surface area contributed by atoms with Crippen LogP contribution in [0.2, 0.25) is 5.02 Å². The van der Waals surface area contributed by atoms with Crippen molar-refractivity contribution in [3.05, 3.63) is 41.2 Å². The third kappa shape index (κ3) is 3.60. The van der Waals surface area contributed by atoms with Gasteiger partial charge in [0.15, 0.2) is 0 Å². The summed E-state index contributed by atoms with van der Waals surface area (Å²) in [4.78, 5) is 7.07. The number of hydrogen-bond acceptors (Lipinski definition) is 3. The Morgan fingerprint density at radius 2 is 1.95 bits per heavy atom. The van der Waals surface area contributed by atoms with Crippen molar-refractivity contribution in [3.8, 4) is 0 Å². The lowest BCUT2D eigenvalue weighted by molar-refractivity contribution is -0.141. The highest BCUT2D eigenvalue weighted by molar-refractivity contribution is 6.36. The summed E-state index contributed by atoms with van der Waals surface area (Å²) in [5.74, 6) is -0.184. The minimum Gasteiger partial charge on any atom is -0.324 e. The van der Waals surface area contributed by atoms with Crippen LogP contribution < -0.4 is 10.8 Å². The first-order valence-corrected chi connectivity index (χ1v) is 5.46. The van der Waals surface area contributed by atoms with E-state index in [1.54, 1.807) is 0 Å². The van der Waals surface area contributed by atoms with Gasteiger partial charge in [-0.3, -0.25) is 0 Å². The summed E-state index contributed by atoms with van der Waals surface area (Å²) >= 11 is 5.78. The van der Waals surface area contributed by atoms with Crippen molar-refractivity contribution in [2.75, 3.05) is 5.32 Å². The molecule has 0 aliphatic carbocycles. The van der Waals surface area contributed by atoms with Crippen LogP contribution in [0.15, 0.2) is 30.5 Å². The van der Waals surface area contributed by atoms with Crippen molar-refractivity contribution in [3.63, 3.8) is 0 Å². The van der Waals surface area contributed by atoms with Gasteiger partial charge in [-0.1, -0.05) is 23.1 Å². The molecule has 19 heavy (non-hydrogen) atoms. The minimum absolute atomic E-state index is 0.184. The van der Waals surface area contributed by atoms with Crippen LogP contribution in [0.5, 0.6) is 0 Å². The molecule has 1 N–H and O–H groups in total. The molecular weight excluding hydrogens is 277 g/mol. The second kappa shape index (κ2) is 5.09. The van der Waals surface area contributed by atoms with Crippen molar-refractivity contribution in [1.82, 2.24) is 9.97 Å². The highest BCUT2D eigenvalue weighted by Crippen LogP contribution is 2.28. The number of anilines is 2. The first-order valence-electron chi connectivity index (χ1n) is 5.08. The number of halogens is 4. The lowest BCUT2D eigenvalue weighted by Crippen LogP contribution is -2.10. The minimum atomic E-state index is -4.52. The zero-order valence-corrected chi connectivity index (χ0v) is 10.1. The van der Waals surface area contributed by atoms with E-state index in [0.29, 0.717) is 16.2 Å². The lowest BCUT2D eigenvalue weighted by atomic mass is 9.96. The zero-order valence-electron chi connectivity index (χ0n) is 9.37. The van der Waals surface area contributed by atoms with Crippen LogP contribution in [0.1, 0.15) is 5.69 Å². The van der Waals surface area contributed by atoms with E-state index >= 15 is 0 Å².